The molecule has 0 bridgehead atoms. The number of nitrogens with one attached hydrogen (secondary N) is 2. The molecule has 0 aliphatic heterocycles. The molecule has 136 valence electrons. The normalized spacial score (nSPS) is 11.8. The van der Waals surface area contributed by atoms with Crippen LogP contribution in [0.15, 0.2) is 53.0 Å². The molecule has 8 heteroatoms. The number of carbonyl (C=O) groups excluding carboxylic acids is 2. The maximum Gasteiger partial charge on any atom is 0.279 e. The smallest absolute Gasteiger partial charge is 0.279 e. The quantitative estimate of drug-likeness (QED) is 0.571. The highest BCUT2D eigenvalue weighted by Gasteiger charge is 2.15. The maximum absolute atomic E-state index is 13.6. The van der Waals surface area contributed by atoms with E-state index in [1.807, 2.05) is 0 Å². The number of carbonyl (C=O) groups is 2. The van der Waals surface area contributed by atoms with E-state index in [0.29, 0.717) is 10.2 Å². The molecule has 2 amide bonds. The van der Waals surface area contributed by atoms with Crippen LogP contribution in [-0.2, 0) is 9.59 Å². The Morgan fingerprint density at radius 3 is 2.50 bits per heavy atom. The largest absolute Gasteiger partial charge is 0.481 e. The molecule has 2 N–H and O–H groups in total. The van der Waals surface area contributed by atoms with Gasteiger partial charge in [0.1, 0.15) is 17.4 Å². The number of ether oxygens (including phenoxy) is 1. The average Bonchev–Trinajstić information content (AvgIpc) is 2.62. The Morgan fingerprint density at radius 2 is 1.81 bits per heavy atom. The summed E-state index contributed by atoms with van der Waals surface area (Å²) in [5.41, 5.74) is 4.56. The lowest BCUT2D eigenvalue weighted by Crippen LogP contribution is -2.46. The molecule has 0 spiro atoms. The van der Waals surface area contributed by atoms with Crippen molar-refractivity contribution in [2.24, 2.45) is 0 Å². The number of hydrogen-bond acceptors (Lipinski definition) is 3. The molecule has 1 atom stereocenters. The highest BCUT2D eigenvalue weighted by Crippen LogP contribution is 2.16. The van der Waals surface area contributed by atoms with Gasteiger partial charge in [-0.1, -0.05) is 15.9 Å². The molecule has 0 saturated carbocycles. The molecule has 0 fully saturated rings. The van der Waals surface area contributed by atoms with Crippen LogP contribution in [0.1, 0.15) is 12.5 Å². The molecule has 0 heterocycles. The predicted molar refractivity (Wildman–Crippen MR) is 95.9 cm³/mol. The number of halogens is 3. The van der Waals surface area contributed by atoms with E-state index in [1.54, 1.807) is 0 Å². The minimum absolute atomic E-state index is 0.217. The third kappa shape index (κ3) is 5.96. The van der Waals surface area contributed by atoms with Crippen molar-refractivity contribution in [3.63, 3.8) is 0 Å². The number of rotatable bonds is 5. The fourth-order valence-electron chi connectivity index (χ4n) is 1.85. The number of benzene rings is 2. The predicted octanol–water partition coefficient (Wildman–Crippen LogP) is 3.36. The van der Waals surface area contributed by atoms with Crippen LogP contribution in [0.5, 0.6) is 5.75 Å². The van der Waals surface area contributed by atoms with Crippen LogP contribution in [0, 0.1) is 11.6 Å². The van der Waals surface area contributed by atoms with E-state index in [0.717, 1.165) is 6.08 Å². The van der Waals surface area contributed by atoms with Crippen LogP contribution >= 0.6 is 15.9 Å². The molecule has 5 nitrogen and oxygen atoms in total. The molecule has 0 aromatic heterocycles. The molecule has 0 radical (unpaired) electrons. The summed E-state index contributed by atoms with van der Waals surface area (Å²) >= 11 is 3.21. The lowest BCUT2D eigenvalue weighted by molar-refractivity contribution is -0.131. The van der Waals surface area contributed by atoms with Crippen LogP contribution < -0.4 is 15.6 Å². The third-order valence-electron chi connectivity index (χ3n) is 3.18. The first kappa shape index (κ1) is 19.6. The molecule has 0 saturated heterocycles. The van der Waals surface area contributed by atoms with E-state index in [1.165, 1.54) is 55.5 Å². The number of hydrogen-bond donors (Lipinski definition) is 2. The Balaban J connectivity index is 1.84. The monoisotopic (exact) mass is 424 g/mol. The molecule has 1 unspecified atom stereocenters. The topological polar surface area (TPSA) is 67.4 Å². The molecular weight excluding hydrogens is 410 g/mol. The molecule has 0 aliphatic carbocycles. The SMILES string of the molecule is CC(Oc1ccc(F)cc1)C(=O)NNC(=O)/C=C/c1cc(Br)ccc1F. The van der Waals surface area contributed by atoms with Crippen LogP contribution in [0.2, 0.25) is 0 Å². The zero-order valence-electron chi connectivity index (χ0n) is 13.6. The maximum atomic E-state index is 13.6. The van der Waals surface area contributed by atoms with Gasteiger partial charge in [-0.05, 0) is 55.5 Å². The number of amides is 2. The van der Waals surface area contributed by atoms with E-state index in [4.69, 9.17) is 4.74 Å². The summed E-state index contributed by atoms with van der Waals surface area (Å²) in [7, 11) is 0. The Bertz CT molecular complexity index is 826. The van der Waals surface area contributed by atoms with Crippen molar-refractivity contribution >= 4 is 33.8 Å². The molecule has 2 aromatic rings. The summed E-state index contributed by atoms with van der Waals surface area (Å²) in [6, 6.07) is 9.48. The lowest BCUT2D eigenvalue weighted by atomic mass is 10.2. The van der Waals surface area contributed by atoms with Gasteiger partial charge in [0.05, 0.1) is 0 Å². The zero-order chi connectivity index (χ0) is 19.1. The van der Waals surface area contributed by atoms with Crippen LogP contribution in [0.3, 0.4) is 0 Å². The average molecular weight is 425 g/mol. The fraction of sp³-hybridized carbons (Fsp3) is 0.111. The first-order valence-corrected chi connectivity index (χ1v) is 8.29. The summed E-state index contributed by atoms with van der Waals surface area (Å²) in [6.07, 6.45) is 1.43. The van der Waals surface area contributed by atoms with Gasteiger partial charge in [-0.25, -0.2) is 8.78 Å². The van der Waals surface area contributed by atoms with E-state index in [9.17, 15) is 18.4 Å². The molecule has 26 heavy (non-hydrogen) atoms. The first-order valence-electron chi connectivity index (χ1n) is 7.50. The minimum atomic E-state index is -0.924. The second kappa shape index (κ2) is 9.10. The van der Waals surface area contributed by atoms with Gasteiger partial charge in [0, 0.05) is 16.1 Å². The Kier molecular flexibility index (Phi) is 6.85. The molecule has 2 aromatic carbocycles. The third-order valence-corrected chi connectivity index (χ3v) is 3.67. The van der Waals surface area contributed by atoms with Gasteiger partial charge in [0.15, 0.2) is 6.10 Å². The van der Waals surface area contributed by atoms with Crippen LogP contribution in [-0.4, -0.2) is 17.9 Å². The molecule has 0 aliphatic rings. The summed E-state index contributed by atoms with van der Waals surface area (Å²) in [5, 5.41) is 0. The van der Waals surface area contributed by atoms with Crippen molar-refractivity contribution in [3.8, 4) is 5.75 Å². The van der Waals surface area contributed by atoms with Gasteiger partial charge in [-0.3, -0.25) is 20.4 Å². The second-order valence-corrected chi connectivity index (χ2v) is 6.11. The van der Waals surface area contributed by atoms with Crippen LogP contribution in [0.4, 0.5) is 8.78 Å². The summed E-state index contributed by atoms with van der Waals surface area (Å²) in [4.78, 5) is 23.6. The standard InChI is InChI=1S/C18H15BrF2N2O3/c1-11(26-15-6-4-14(20)5-7-15)18(25)23-22-17(24)9-2-12-10-13(19)3-8-16(12)21/h2-11H,1H3,(H,22,24)(H,23,25)/b9-2+. The van der Waals surface area contributed by atoms with Crippen molar-refractivity contribution in [1.82, 2.24) is 10.9 Å². The van der Waals surface area contributed by atoms with E-state index >= 15 is 0 Å². The van der Waals surface area contributed by atoms with Gasteiger partial charge >= 0.3 is 0 Å². The van der Waals surface area contributed by atoms with Crippen molar-refractivity contribution in [2.75, 3.05) is 0 Å². The highest BCUT2D eigenvalue weighted by molar-refractivity contribution is 9.10. The van der Waals surface area contributed by atoms with E-state index < -0.39 is 29.6 Å². The van der Waals surface area contributed by atoms with Crippen molar-refractivity contribution < 1.29 is 23.1 Å². The summed E-state index contributed by atoms with van der Waals surface area (Å²) in [6.45, 7) is 1.47. The van der Waals surface area contributed by atoms with Crippen LogP contribution in [0.25, 0.3) is 6.08 Å². The van der Waals surface area contributed by atoms with E-state index in [-0.39, 0.29) is 5.56 Å². The second-order valence-electron chi connectivity index (χ2n) is 5.19. The summed E-state index contributed by atoms with van der Waals surface area (Å²) < 4.78 is 32.4. The molecule has 2 rings (SSSR count). The van der Waals surface area contributed by atoms with Gasteiger partial charge < -0.3 is 4.74 Å². The summed E-state index contributed by atoms with van der Waals surface area (Å²) in [5.74, 6) is -1.85. The van der Waals surface area contributed by atoms with Crippen molar-refractivity contribution in [3.05, 3.63) is 70.2 Å². The lowest BCUT2D eigenvalue weighted by Gasteiger charge is -2.14. The van der Waals surface area contributed by atoms with Gasteiger partial charge in [-0.2, -0.15) is 0 Å². The van der Waals surface area contributed by atoms with Crippen molar-refractivity contribution in [2.45, 2.75) is 13.0 Å². The highest BCUT2D eigenvalue weighted by atomic mass is 79.9. The Labute approximate surface area is 157 Å². The van der Waals surface area contributed by atoms with Gasteiger partial charge in [-0.15, -0.1) is 0 Å². The van der Waals surface area contributed by atoms with Gasteiger partial charge in [0.2, 0.25) is 0 Å². The Hall–Kier alpha value is -2.74. The first-order chi connectivity index (χ1) is 12.3. The molecular formula is C18H15BrF2N2O3. The zero-order valence-corrected chi connectivity index (χ0v) is 15.2. The number of hydrazine groups is 1. The minimum Gasteiger partial charge on any atom is -0.481 e. The fourth-order valence-corrected chi connectivity index (χ4v) is 2.22. The van der Waals surface area contributed by atoms with Crippen molar-refractivity contribution in [1.29, 1.82) is 0 Å². The van der Waals surface area contributed by atoms with E-state index in [2.05, 4.69) is 26.8 Å². The van der Waals surface area contributed by atoms with Gasteiger partial charge in [0.25, 0.3) is 11.8 Å². The Morgan fingerprint density at radius 1 is 1.12 bits per heavy atom.